The van der Waals surface area contributed by atoms with Gasteiger partial charge in [0.15, 0.2) is 0 Å². The number of alkyl halides is 3. The fourth-order valence-corrected chi connectivity index (χ4v) is 2.60. The highest BCUT2D eigenvalue weighted by molar-refractivity contribution is 7.12. The van der Waals surface area contributed by atoms with Crippen molar-refractivity contribution in [3.05, 3.63) is 21.9 Å². The van der Waals surface area contributed by atoms with Crippen molar-refractivity contribution in [3.63, 3.8) is 0 Å². The summed E-state index contributed by atoms with van der Waals surface area (Å²) in [6, 6.07) is 3.70. The molecule has 0 amide bonds. The summed E-state index contributed by atoms with van der Waals surface area (Å²) in [4.78, 5) is 2.20. The smallest absolute Gasteiger partial charge is 0.372 e. The van der Waals surface area contributed by atoms with Gasteiger partial charge in [0.1, 0.15) is 6.61 Å². The van der Waals surface area contributed by atoms with E-state index in [1.165, 1.54) is 4.88 Å². The topological polar surface area (TPSA) is 35.2 Å². The predicted molar refractivity (Wildman–Crippen MR) is 71.4 cm³/mol. The zero-order valence-corrected chi connectivity index (χ0v) is 12.2. The molecule has 0 spiro atoms. The molecule has 19 heavy (non-hydrogen) atoms. The third-order valence-corrected chi connectivity index (χ3v) is 4.21. The predicted octanol–water partition coefficient (Wildman–Crippen LogP) is 4.01. The van der Waals surface area contributed by atoms with Crippen LogP contribution in [0, 0.1) is 0 Å². The minimum Gasteiger partial charge on any atom is -0.372 e. The highest BCUT2D eigenvalue weighted by Gasteiger charge is 2.27. The van der Waals surface area contributed by atoms with Gasteiger partial charge in [0.25, 0.3) is 0 Å². The van der Waals surface area contributed by atoms with E-state index in [1.807, 2.05) is 12.1 Å². The average Bonchev–Trinajstić information content (AvgIpc) is 2.71. The highest BCUT2D eigenvalue weighted by atomic mass is 32.1. The first kappa shape index (κ1) is 16.5. The van der Waals surface area contributed by atoms with Gasteiger partial charge in [-0.2, -0.15) is 13.2 Å². The Kier molecular flexibility index (Phi) is 5.41. The molecule has 6 heteroatoms. The standard InChI is InChI=1S/C13H20F3NOS/c1-12(2,3)11-5-4-10(19-11)9(17)6-7-18-8-13(14,15)16/h4-5,9H,6-8,17H2,1-3H3. The normalized spacial score (nSPS) is 14.7. The molecule has 1 rings (SSSR count). The Bertz CT molecular complexity index is 395. The van der Waals surface area contributed by atoms with Crippen molar-refractivity contribution in [1.82, 2.24) is 0 Å². The molecule has 0 fully saturated rings. The molecule has 0 radical (unpaired) electrons. The van der Waals surface area contributed by atoms with Crippen LogP contribution in [0.15, 0.2) is 12.1 Å². The summed E-state index contributed by atoms with van der Waals surface area (Å²) in [5.74, 6) is 0. The summed E-state index contributed by atoms with van der Waals surface area (Å²) in [7, 11) is 0. The Morgan fingerprint density at radius 1 is 1.26 bits per heavy atom. The van der Waals surface area contributed by atoms with E-state index in [0.29, 0.717) is 6.42 Å². The summed E-state index contributed by atoms with van der Waals surface area (Å²) >= 11 is 1.61. The molecule has 0 aromatic carbocycles. The molecule has 1 atom stereocenters. The number of halogens is 3. The lowest BCUT2D eigenvalue weighted by Crippen LogP contribution is -2.19. The molecule has 1 aromatic heterocycles. The largest absolute Gasteiger partial charge is 0.411 e. The Morgan fingerprint density at radius 3 is 2.37 bits per heavy atom. The molecule has 0 aliphatic carbocycles. The van der Waals surface area contributed by atoms with Crippen molar-refractivity contribution >= 4 is 11.3 Å². The molecule has 0 saturated carbocycles. The maximum Gasteiger partial charge on any atom is 0.411 e. The van der Waals surface area contributed by atoms with Crippen LogP contribution < -0.4 is 5.73 Å². The second kappa shape index (κ2) is 6.24. The van der Waals surface area contributed by atoms with Gasteiger partial charge in [0.05, 0.1) is 0 Å². The highest BCUT2D eigenvalue weighted by Crippen LogP contribution is 2.32. The van der Waals surface area contributed by atoms with Gasteiger partial charge in [-0.05, 0) is 24.0 Å². The van der Waals surface area contributed by atoms with Crippen LogP contribution in [0.2, 0.25) is 0 Å². The van der Waals surface area contributed by atoms with Crippen LogP contribution in [0.1, 0.15) is 43.0 Å². The van der Waals surface area contributed by atoms with Crippen molar-refractivity contribution in [2.45, 2.75) is 44.8 Å². The van der Waals surface area contributed by atoms with Gasteiger partial charge >= 0.3 is 6.18 Å². The van der Waals surface area contributed by atoms with Crippen LogP contribution in [0.25, 0.3) is 0 Å². The number of rotatable bonds is 5. The van der Waals surface area contributed by atoms with Crippen LogP contribution in [-0.4, -0.2) is 19.4 Å². The van der Waals surface area contributed by atoms with Crippen molar-refractivity contribution in [1.29, 1.82) is 0 Å². The molecular weight excluding hydrogens is 275 g/mol. The number of thiophene rings is 1. The van der Waals surface area contributed by atoms with Gasteiger partial charge in [-0.25, -0.2) is 0 Å². The second-order valence-corrected chi connectivity index (χ2v) is 6.63. The van der Waals surface area contributed by atoms with Crippen molar-refractivity contribution in [2.24, 2.45) is 5.73 Å². The lowest BCUT2D eigenvalue weighted by atomic mass is 9.95. The SMILES string of the molecule is CC(C)(C)c1ccc(C(N)CCOCC(F)(F)F)s1. The molecule has 2 nitrogen and oxygen atoms in total. The average molecular weight is 295 g/mol. The van der Waals surface area contributed by atoms with Crippen LogP contribution in [0.3, 0.4) is 0 Å². The molecule has 0 saturated heterocycles. The van der Waals surface area contributed by atoms with Gasteiger partial charge in [0.2, 0.25) is 0 Å². The summed E-state index contributed by atoms with van der Waals surface area (Å²) in [5, 5.41) is 0. The lowest BCUT2D eigenvalue weighted by Gasteiger charge is -2.16. The molecule has 1 aromatic rings. The summed E-state index contributed by atoms with van der Waals surface area (Å²) in [6.07, 6.45) is -3.88. The van der Waals surface area contributed by atoms with E-state index in [2.05, 4.69) is 25.5 Å². The molecule has 0 aliphatic rings. The van der Waals surface area contributed by atoms with Crippen molar-refractivity contribution in [2.75, 3.05) is 13.2 Å². The van der Waals surface area contributed by atoms with Gasteiger partial charge in [-0.15, -0.1) is 11.3 Å². The molecular formula is C13H20F3NOS. The van der Waals surface area contributed by atoms with E-state index in [-0.39, 0.29) is 18.1 Å². The fourth-order valence-electron chi connectivity index (χ4n) is 1.50. The van der Waals surface area contributed by atoms with E-state index in [0.717, 1.165) is 4.88 Å². The summed E-state index contributed by atoms with van der Waals surface area (Å²) in [5.41, 5.74) is 6.02. The lowest BCUT2D eigenvalue weighted by molar-refractivity contribution is -0.174. The number of ether oxygens (including phenoxy) is 1. The molecule has 2 N–H and O–H groups in total. The zero-order chi connectivity index (χ0) is 14.7. The quantitative estimate of drug-likeness (QED) is 0.833. The second-order valence-electron chi connectivity index (χ2n) is 5.51. The fraction of sp³-hybridized carbons (Fsp3) is 0.692. The number of nitrogens with two attached hydrogens (primary N) is 1. The van der Waals surface area contributed by atoms with Crippen molar-refractivity contribution in [3.8, 4) is 0 Å². The van der Waals surface area contributed by atoms with E-state index >= 15 is 0 Å². The first-order valence-electron chi connectivity index (χ1n) is 6.10. The van der Waals surface area contributed by atoms with Crippen LogP contribution >= 0.6 is 11.3 Å². The Morgan fingerprint density at radius 2 is 1.89 bits per heavy atom. The third kappa shape index (κ3) is 5.93. The molecule has 110 valence electrons. The van der Waals surface area contributed by atoms with Gasteiger partial charge in [-0.1, -0.05) is 20.8 Å². The Hall–Kier alpha value is -0.590. The first-order valence-corrected chi connectivity index (χ1v) is 6.91. The first-order chi connectivity index (χ1) is 8.59. The maximum absolute atomic E-state index is 11.9. The van der Waals surface area contributed by atoms with Gasteiger partial charge < -0.3 is 10.5 Å². The van der Waals surface area contributed by atoms with E-state index < -0.39 is 12.8 Å². The van der Waals surface area contributed by atoms with E-state index in [9.17, 15) is 13.2 Å². The molecule has 0 bridgehead atoms. The van der Waals surface area contributed by atoms with E-state index in [4.69, 9.17) is 5.73 Å². The van der Waals surface area contributed by atoms with Gasteiger partial charge in [-0.3, -0.25) is 0 Å². The summed E-state index contributed by atoms with van der Waals surface area (Å²) < 4.78 is 40.2. The van der Waals surface area contributed by atoms with Crippen LogP contribution in [-0.2, 0) is 10.2 Å². The summed E-state index contributed by atoms with van der Waals surface area (Å²) in [6.45, 7) is 5.14. The Balaban J connectivity index is 2.42. The van der Waals surface area contributed by atoms with Gasteiger partial charge in [0, 0.05) is 22.4 Å². The molecule has 1 unspecified atom stereocenters. The number of hydrogen-bond donors (Lipinski definition) is 1. The molecule has 1 heterocycles. The van der Waals surface area contributed by atoms with Crippen LogP contribution in [0.4, 0.5) is 13.2 Å². The minimum absolute atomic E-state index is 0.0173. The Labute approximate surface area is 115 Å². The zero-order valence-electron chi connectivity index (χ0n) is 11.4. The maximum atomic E-state index is 11.9. The monoisotopic (exact) mass is 295 g/mol. The minimum atomic E-state index is -4.27. The molecule has 0 aliphatic heterocycles. The third-order valence-electron chi connectivity index (χ3n) is 2.57. The van der Waals surface area contributed by atoms with Crippen molar-refractivity contribution < 1.29 is 17.9 Å². The van der Waals surface area contributed by atoms with Crippen LogP contribution in [0.5, 0.6) is 0 Å². The van der Waals surface area contributed by atoms with E-state index in [1.54, 1.807) is 11.3 Å². The number of hydrogen-bond acceptors (Lipinski definition) is 3.